The molecule has 36 heavy (non-hydrogen) atoms. The third-order valence-electron chi connectivity index (χ3n) is 6.31. The number of aryl methyl sites for hydroxylation is 1. The van der Waals surface area contributed by atoms with Crippen molar-refractivity contribution in [2.24, 2.45) is 0 Å². The minimum atomic E-state index is -0.314. The molecule has 1 fully saturated rings. The lowest BCUT2D eigenvalue weighted by Crippen LogP contribution is -2.32. The summed E-state index contributed by atoms with van der Waals surface area (Å²) in [4.78, 5) is 40.7. The Morgan fingerprint density at radius 2 is 1.72 bits per heavy atom. The first-order chi connectivity index (χ1) is 17.3. The van der Waals surface area contributed by atoms with Crippen molar-refractivity contribution in [1.82, 2.24) is 20.0 Å². The number of carbonyl (C=O) groups excluding carboxylic acids is 3. The van der Waals surface area contributed by atoms with Gasteiger partial charge >= 0.3 is 0 Å². The molecule has 1 saturated carbocycles. The summed E-state index contributed by atoms with van der Waals surface area (Å²) in [5.74, 6) is -0.360. The van der Waals surface area contributed by atoms with Gasteiger partial charge in [-0.05, 0) is 62.4 Å². The number of carbonyl (C=O) groups is 3. The topological polar surface area (TPSA) is 110 Å². The number of hydrogen-bond donors (Lipinski definition) is 2. The van der Waals surface area contributed by atoms with Crippen LogP contribution in [0.3, 0.4) is 0 Å². The monoisotopic (exact) mass is 487 g/mol. The molecule has 2 aromatic carbocycles. The molecular weight excluding hydrogens is 454 g/mol. The molecule has 1 aliphatic rings. The lowest BCUT2D eigenvalue weighted by atomic mass is 10.0. The average molecular weight is 488 g/mol. The fourth-order valence-electron chi connectivity index (χ4n) is 4.19. The Morgan fingerprint density at radius 3 is 2.39 bits per heavy atom. The number of nitrogen functional groups attached to an aromatic ring is 1. The summed E-state index contributed by atoms with van der Waals surface area (Å²) in [6.45, 7) is 7.30. The molecule has 3 aromatic rings. The lowest BCUT2D eigenvalue weighted by molar-refractivity contribution is 0.0755. The Kier molecular flexibility index (Phi) is 7.52. The maximum Gasteiger partial charge on any atom is 0.253 e. The van der Waals surface area contributed by atoms with Gasteiger partial charge in [-0.1, -0.05) is 32.0 Å². The first-order valence-electron chi connectivity index (χ1n) is 12.5. The molecule has 2 amide bonds. The lowest BCUT2D eigenvalue weighted by Gasteiger charge is -2.21. The second kappa shape index (κ2) is 10.8. The molecule has 0 radical (unpaired) electrons. The average Bonchev–Trinajstić information content (AvgIpc) is 3.62. The van der Waals surface area contributed by atoms with Crippen LogP contribution in [0.4, 0.5) is 5.82 Å². The van der Waals surface area contributed by atoms with Gasteiger partial charge in [0.2, 0.25) is 0 Å². The van der Waals surface area contributed by atoms with Gasteiger partial charge in [-0.15, -0.1) is 0 Å². The Balaban J connectivity index is 1.61. The van der Waals surface area contributed by atoms with Crippen molar-refractivity contribution >= 4 is 23.4 Å². The second-order valence-corrected chi connectivity index (χ2v) is 9.31. The Labute approximate surface area is 211 Å². The first-order valence-corrected chi connectivity index (χ1v) is 12.5. The van der Waals surface area contributed by atoms with Crippen LogP contribution in [0.2, 0.25) is 0 Å². The van der Waals surface area contributed by atoms with Crippen molar-refractivity contribution in [1.29, 1.82) is 0 Å². The van der Waals surface area contributed by atoms with Gasteiger partial charge in [-0.25, -0.2) is 4.68 Å². The smallest absolute Gasteiger partial charge is 0.253 e. The molecule has 8 nitrogen and oxygen atoms in total. The zero-order chi connectivity index (χ0) is 25.8. The minimum Gasteiger partial charge on any atom is -0.383 e. The van der Waals surface area contributed by atoms with Crippen LogP contribution in [-0.2, 0) is 0 Å². The van der Waals surface area contributed by atoms with Gasteiger partial charge in [-0.2, -0.15) is 5.10 Å². The van der Waals surface area contributed by atoms with E-state index in [9.17, 15) is 14.4 Å². The molecule has 1 aromatic heterocycles. The second-order valence-electron chi connectivity index (χ2n) is 9.31. The van der Waals surface area contributed by atoms with Crippen LogP contribution in [0.25, 0.3) is 5.69 Å². The molecule has 0 atom stereocenters. The molecule has 0 saturated heterocycles. The Bertz CT molecular complexity index is 1290. The standard InChI is InChI=1S/C28H33N5O3/c1-4-13-32(14-5-2)28(36)21-8-6-7-19(15-21)25(34)23-17-30-33(26(23)29)24-16-20(10-9-18(24)3)27(35)31-22-11-12-22/h6-10,15-17,22H,4-5,11-14,29H2,1-3H3,(H,31,35). The summed E-state index contributed by atoms with van der Waals surface area (Å²) in [5, 5.41) is 7.35. The Hall–Kier alpha value is -3.94. The summed E-state index contributed by atoms with van der Waals surface area (Å²) < 4.78 is 1.48. The van der Waals surface area contributed by atoms with Crippen LogP contribution >= 0.6 is 0 Å². The van der Waals surface area contributed by atoms with Gasteiger partial charge in [-0.3, -0.25) is 14.4 Å². The van der Waals surface area contributed by atoms with Crippen LogP contribution in [-0.4, -0.2) is 51.4 Å². The fraction of sp³-hybridized carbons (Fsp3) is 0.357. The fourth-order valence-corrected chi connectivity index (χ4v) is 4.19. The molecule has 1 aliphatic carbocycles. The predicted octanol–water partition coefficient (Wildman–Crippen LogP) is 4.15. The highest BCUT2D eigenvalue weighted by molar-refractivity contribution is 6.12. The van der Waals surface area contributed by atoms with E-state index < -0.39 is 0 Å². The molecular formula is C28H33N5O3. The number of nitrogens with zero attached hydrogens (tertiary/aromatic N) is 3. The van der Waals surface area contributed by atoms with E-state index in [2.05, 4.69) is 10.4 Å². The molecule has 188 valence electrons. The van der Waals surface area contributed by atoms with E-state index in [0.717, 1.165) is 31.2 Å². The third kappa shape index (κ3) is 5.32. The highest BCUT2D eigenvalue weighted by Gasteiger charge is 2.25. The third-order valence-corrected chi connectivity index (χ3v) is 6.31. The van der Waals surface area contributed by atoms with Crippen molar-refractivity contribution in [3.05, 3.63) is 76.5 Å². The van der Waals surface area contributed by atoms with Crippen LogP contribution < -0.4 is 11.1 Å². The van der Waals surface area contributed by atoms with E-state index in [-0.39, 0.29) is 35.0 Å². The number of amides is 2. The van der Waals surface area contributed by atoms with Gasteiger partial charge in [0, 0.05) is 35.8 Å². The number of hydrogen-bond acceptors (Lipinski definition) is 5. The zero-order valence-corrected chi connectivity index (χ0v) is 21.1. The molecule has 0 spiro atoms. The van der Waals surface area contributed by atoms with Gasteiger partial charge < -0.3 is 16.0 Å². The van der Waals surface area contributed by atoms with Crippen LogP contribution in [0.5, 0.6) is 0 Å². The largest absolute Gasteiger partial charge is 0.383 e. The molecule has 1 heterocycles. The molecule has 0 bridgehead atoms. The SMILES string of the molecule is CCCN(CCC)C(=O)c1cccc(C(=O)c2cnn(-c3cc(C(=O)NC4CC4)ccc3C)c2N)c1. The first kappa shape index (κ1) is 25.2. The van der Waals surface area contributed by atoms with Crippen LogP contribution in [0, 0.1) is 6.92 Å². The molecule has 4 rings (SSSR count). The van der Waals surface area contributed by atoms with Crippen molar-refractivity contribution in [3.8, 4) is 5.69 Å². The summed E-state index contributed by atoms with van der Waals surface area (Å²) in [5.41, 5.74) is 9.49. The summed E-state index contributed by atoms with van der Waals surface area (Å²) >= 11 is 0. The van der Waals surface area contributed by atoms with E-state index >= 15 is 0 Å². The number of rotatable bonds is 10. The molecule has 3 N–H and O–H groups in total. The van der Waals surface area contributed by atoms with Gasteiger partial charge in [0.1, 0.15) is 5.82 Å². The number of anilines is 1. The van der Waals surface area contributed by atoms with E-state index in [4.69, 9.17) is 5.73 Å². The number of nitrogens with one attached hydrogen (secondary N) is 1. The van der Waals surface area contributed by atoms with Crippen molar-refractivity contribution in [2.75, 3.05) is 18.8 Å². The highest BCUT2D eigenvalue weighted by Crippen LogP contribution is 2.25. The molecule has 0 unspecified atom stereocenters. The van der Waals surface area contributed by atoms with Crippen molar-refractivity contribution in [2.45, 2.75) is 52.5 Å². The van der Waals surface area contributed by atoms with Crippen LogP contribution in [0.15, 0.2) is 48.7 Å². The van der Waals surface area contributed by atoms with Crippen LogP contribution in [0.1, 0.15) is 81.7 Å². The summed E-state index contributed by atoms with van der Waals surface area (Å²) in [6, 6.07) is 12.3. The summed E-state index contributed by atoms with van der Waals surface area (Å²) in [7, 11) is 0. The predicted molar refractivity (Wildman–Crippen MR) is 140 cm³/mol. The number of aromatic nitrogens is 2. The number of nitrogens with two attached hydrogens (primary N) is 1. The van der Waals surface area contributed by atoms with Crippen molar-refractivity contribution in [3.63, 3.8) is 0 Å². The number of ketones is 1. The van der Waals surface area contributed by atoms with Gasteiger partial charge in [0.05, 0.1) is 17.4 Å². The summed E-state index contributed by atoms with van der Waals surface area (Å²) in [6.07, 6.45) is 5.17. The Morgan fingerprint density at radius 1 is 1.03 bits per heavy atom. The quantitative estimate of drug-likeness (QED) is 0.418. The molecule has 0 aliphatic heterocycles. The molecule has 8 heteroatoms. The maximum atomic E-state index is 13.4. The zero-order valence-electron chi connectivity index (χ0n) is 21.1. The highest BCUT2D eigenvalue weighted by atomic mass is 16.2. The van der Waals surface area contributed by atoms with Gasteiger partial charge in [0.25, 0.3) is 11.8 Å². The van der Waals surface area contributed by atoms with E-state index in [1.807, 2.05) is 31.7 Å². The minimum absolute atomic E-state index is 0.0890. The van der Waals surface area contributed by atoms with E-state index in [1.54, 1.807) is 36.4 Å². The number of benzene rings is 2. The maximum absolute atomic E-state index is 13.4. The van der Waals surface area contributed by atoms with E-state index in [0.29, 0.717) is 35.5 Å². The van der Waals surface area contributed by atoms with Crippen molar-refractivity contribution < 1.29 is 14.4 Å². The van der Waals surface area contributed by atoms with E-state index in [1.165, 1.54) is 10.9 Å². The normalized spacial score (nSPS) is 12.9. The van der Waals surface area contributed by atoms with Gasteiger partial charge in [0.15, 0.2) is 5.78 Å².